The van der Waals surface area contributed by atoms with E-state index in [4.69, 9.17) is 4.74 Å². The lowest BCUT2D eigenvalue weighted by molar-refractivity contribution is -0.130. The first-order valence-corrected chi connectivity index (χ1v) is 14.5. The molecule has 0 spiro atoms. The third-order valence-electron chi connectivity index (χ3n) is 10.4. The maximum absolute atomic E-state index is 14.1. The van der Waals surface area contributed by atoms with E-state index in [0.29, 0.717) is 29.2 Å². The Morgan fingerprint density at radius 2 is 2.03 bits per heavy atom. The number of carbonyl (C=O) groups is 1. The Bertz CT molecular complexity index is 1150. The molecule has 210 valence electrons. The highest BCUT2D eigenvalue weighted by molar-refractivity contribution is 5.84. The molecular weight excluding hydrogens is 488 g/mol. The van der Waals surface area contributed by atoms with E-state index in [1.807, 2.05) is 6.92 Å². The number of halogens is 2. The summed E-state index contributed by atoms with van der Waals surface area (Å²) in [5.41, 5.74) is -0.404. The fraction of sp³-hybridized carbons (Fsp3) is 0.767. The van der Waals surface area contributed by atoms with Crippen LogP contribution in [0.15, 0.2) is 12.1 Å². The van der Waals surface area contributed by atoms with E-state index in [1.165, 1.54) is 23.6 Å². The number of nitrogens with zero attached hydrogens (tertiary/aromatic N) is 3. The largest absolute Gasteiger partial charge is 0.390 e. The van der Waals surface area contributed by atoms with Crippen molar-refractivity contribution < 1.29 is 23.4 Å². The van der Waals surface area contributed by atoms with Gasteiger partial charge >= 0.3 is 0 Å². The number of fused-ring (bicyclic) bond motifs is 4. The predicted molar refractivity (Wildman–Crippen MR) is 141 cm³/mol. The van der Waals surface area contributed by atoms with Crippen LogP contribution in [0.25, 0.3) is 11.0 Å². The van der Waals surface area contributed by atoms with Gasteiger partial charge in [-0.3, -0.25) is 4.79 Å². The van der Waals surface area contributed by atoms with Crippen LogP contribution in [0, 0.1) is 46.6 Å². The summed E-state index contributed by atoms with van der Waals surface area (Å²) in [6.45, 7) is 5.11. The summed E-state index contributed by atoms with van der Waals surface area (Å²) in [6.07, 6.45) is 11.4. The molecule has 5 rings (SSSR count). The first-order chi connectivity index (χ1) is 18.1. The van der Waals surface area contributed by atoms with E-state index < -0.39 is 17.2 Å². The van der Waals surface area contributed by atoms with Crippen LogP contribution >= 0.6 is 0 Å². The number of unbranched alkanes of at least 4 members (excludes halogenated alkanes) is 1. The van der Waals surface area contributed by atoms with Gasteiger partial charge in [-0.1, -0.05) is 18.6 Å². The Morgan fingerprint density at radius 3 is 2.82 bits per heavy atom. The van der Waals surface area contributed by atoms with Gasteiger partial charge in [0.15, 0.2) is 22.9 Å². The van der Waals surface area contributed by atoms with Gasteiger partial charge in [-0.15, -0.1) is 5.10 Å². The van der Waals surface area contributed by atoms with Gasteiger partial charge in [0.25, 0.3) is 0 Å². The van der Waals surface area contributed by atoms with Crippen LogP contribution in [0.1, 0.15) is 84.5 Å². The molecule has 3 aliphatic carbocycles. The SMILES string of the molecule is COCCCCC(C)(O)C[C@H]1CC[C@@H]2[C@H](CC[C@]3(C)[C@@H](C(=O)Cn4nnc5c(F)c(F)ccc54)CC[C@H]23)C1. The Balaban J connectivity index is 1.20. The third-order valence-corrected chi connectivity index (χ3v) is 10.4. The molecule has 0 bridgehead atoms. The Morgan fingerprint density at radius 1 is 1.21 bits per heavy atom. The number of carbonyl (C=O) groups excluding carboxylic acids is 1. The molecule has 7 atom stereocenters. The maximum atomic E-state index is 14.1. The zero-order chi connectivity index (χ0) is 27.1. The normalized spacial score (nSPS) is 32.6. The summed E-state index contributed by atoms with van der Waals surface area (Å²) < 4.78 is 34.3. The fourth-order valence-corrected chi connectivity index (χ4v) is 8.61. The average Bonchev–Trinajstić information content (AvgIpc) is 3.45. The number of hydrogen-bond acceptors (Lipinski definition) is 5. The quantitative estimate of drug-likeness (QED) is 0.375. The van der Waals surface area contributed by atoms with Crippen molar-refractivity contribution in [1.29, 1.82) is 0 Å². The number of aliphatic hydroxyl groups is 1. The molecule has 1 heterocycles. The van der Waals surface area contributed by atoms with Crippen molar-refractivity contribution in [2.45, 2.75) is 96.6 Å². The first kappa shape index (κ1) is 27.6. The van der Waals surface area contributed by atoms with Crippen LogP contribution < -0.4 is 0 Å². The lowest BCUT2D eigenvalue weighted by atomic mass is 9.53. The van der Waals surface area contributed by atoms with Gasteiger partial charge in [-0.25, -0.2) is 13.5 Å². The Hall–Kier alpha value is -1.93. The van der Waals surface area contributed by atoms with Crippen molar-refractivity contribution in [3.05, 3.63) is 23.8 Å². The minimum Gasteiger partial charge on any atom is -0.390 e. The van der Waals surface area contributed by atoms with E-state index in [9.17, 15) is 18.7 Å². The second-order valence-electron chi connectivity index (χ2n) is 13.0. The first-order valence-electron chi connectivity index (χ1n) is 14.5. The highest BCUT2D eigenvalue weighted by Crippen LogP contribution is 2.62. The number of aromatic nitrogens is 3. The van der Waals surface area contributed by atoms with Gasteiger partial charge in [0.2, 0.25) is 0 Å². The number of rotatable bonds is 10. The highest BCUT2D eigenvalue weighted by Gasteiger charge is 2.56. The molecule has 3 fully saturated rings. The minimum atomic E-state index is -1.02. The van der Waals surface area contributed by atoms with Crippen LogP contribution in [0.4, 0.5) is 8.78 Å². The standard InChI is InChI=1S/C30H43F2N3O3/c1-29(37,13-4-5-15-38-3)17-19-6-7-21-20(16-19)12-14-30(2)22(21)8-9-23(30)26(36)18-35-25-11-10-24(31)27(32)28(25)33-34-35/h10-11,19-23,37H,4-9,12-18H2,1-3H3/t19-,20+,21+,22+,23+,29?,30-/m0/s1. The molecule has 1 unspecified atom stereocenters. The fourth-order valence-electron chi connectivity index (χ4n) is 8.61. The van der Waals surface area contributed by atoms with Crippen LogP contribution in [-0.2, 0) is 16.1 Å². The number of ether oxygens (including phenoxy) is 1. The molecule has 3 saturated carbocycles. The molecule has 1 aromatic carbocycles. The summed E-state index contributed by atoms with van der Waals surface area (Å²) in [7, 11) is 1.72. The van der Waals surface area contributed by atoms with Crippen molar-refractivity contribution >= 4 is 16.8 Å². The van der Waals surface area contributed by atoms with Gasteiger partial charge in [0, 0.05) is 19.6 Å². The second kappa shape index (κ2) is 10.9. The molecule has 8 heteroatoms. The van der Waals surface area contributed by atoms with Crippen molar-refractivity contribution in [1.82, 2.24) is 15.0 Å². The van der Waals surface area contributed by atoms with Gasteiger partial charge in [-0.2, -0.15) is 0 Å². The lowest BCUT2D eigenvalue weighted by Gasteiger charge is -2.52. The summed E-state index contributed by atoms with van der Waals surface area (Å²) in [6, 6.07) is 2.51. The number of hydrogen-bond donors (Lipinski definition) is 1. The molecule has 0 amide bonds. The number of Topliss-reactive ketones (excluding diaryl/α,β-unsaturated/α-hetero) is 1. The van der Waals surface area contributed by atoms with Crippen molar-refractivity contribution in [3.63, 3.8) is 0 Å². The topological polar surface area (TPSA) is 77.2 Å². The van der Waals surface area contributed by atoms with E-state index >= 15 is 0 Å². The number of methoxy groups -OCH3 is 1. The molecule has 6 nitrogen and oxygen atoms in total. The zero-order valence-corrected chi connectivity index (χ0v) is 23.1. The molecule has 0 aliphatic heterocycles. The number of benzene rings is 1. The van der Waals surface area contributed by atoms with E-state index in [-0.39, 0.29) is 29.2 Å². The average molecular weight is 532 g/mol. The summed E-state index contributed by atoms with van der Waals surface area (Å²) in [5, 5.41) is 18.8. The monoisotopic (exact) mass is 531 g/mol. The Kier molecular flexibility index (Phi) is 7.94. The zero-order valence-electron chi connectivity index (χ0n) is 23.1. The third kappa shape index (κ3) is 5.27. The van der Waals surface area contributed by atoms with E-state index in [1.54, 1.807) is 7.11 Å². The Labute approximate surface area is 224 Å². The van der Waals surface area contributed by atoms with Crippen molar-refractivity contribution in [3.8, 4) is 0 Å². The second-order valence-corrected chi connectivity index (χ2v) is 13.0. The molecule has 0 radical (unpaired) electrons. The van der Waals surface area contributed by atoms with E-state index in [2.05, 4.69) is 17.2 Å². The van der Waals surface area contributed by atoms with Gasteiger partial charge in [0.1, 0.15) is 6.54 Å². The molecule has 0 saturated heterocycles. The molecule has 1 aromatic heterocycles. The number of ketones is 1. The lowest BCUT2D eigenvalue weighted by Crippen LogP contribution is -2.46. The van der Waals surface area contributed by atoms with Crippen LogP contribution in [0.2, 0.25) is 0 Å². The summed E-state index contributed by atoms with van der Waals surface area (Å²) in [5.74, 6) is 0.565. The molecule has 2 aromatic rings. The van der Waals surface area contributed by atoms with Crippen molar-refractivity contribution in [2.24, 2.45) is 35.0 Å². The molecular formula is C30H43F2N3O3. The highest BCUT2D eigenvalue weighted by atomic mass is 19.2. The smallest absolute Gasteiger partial charge is 0.188 e. The summed E-state index contributed by atoms with van der Waals surface area (Å²) >= 11 is 0. The molecule has 1 N–H and O–H groups in total. The van der Waals surface area contributed by atoms with Crippen LogP contribution in [-0.4, -0.2) is 45.2 Å². The molecule has 3 aliphatic rings. The van der Waals surface area contributed by atoms with Gasteiger partial charge in [-0.05, 0) is 112 Å². The maximum Gasteiger partial charge on any atom is 0.188 e. The summed E-state index contributed by atoms with van der Waals surface area (Å²) in [4.78, 5) is 13.6. The van der Waals surface area contributed by atoms with E-state index in [0.717, 1.165) is 70.5 Å². The van der Waals surface area contributed by atoms with Crippen molar-refractivity contribution in [2.75, 3.05) is 13.7 Å². The van der Waals surface area contributed by atoms with Crippen LogP contribution in [0.3, 0.4) is 0 Å². The molecule has 38 heavy (non-hydrogen) atoms. The van der Waals surface area contributed by atoms with Crippen LogP contribution in [0.5, 0.6) is 0 Å². The minimum absolute atomic E-state index is 0.0222. The van der Waals surface area contributed by atoms with Gasteiger partial charge in [0.05, 0.1) is 11.1 Å². The van der Waals surface area contributed by atoms with Gasteiger partial charge < -0.3 is 9.84 Å². The predicted octanol–water partition coefficient (Wildman–Crippen LogP) is 6.10.